The average Bonchev–Trinajstić information content (AvgIpc) is 2.87. The minimum Gasteiger partial charge on any atom is -0.384 e. The smallest absolute Gasteiger partial charge is 0.256 e. The van der Waals surface area contributed by atoms with Gasteiger partial charge in [-0.05, 0) is 55.8 Å². The number of nitrogens with two attached hydrogens (primary N) is 1. The van der Waals surface area contributed by atoms with Gasteiger partial charge in [-0.15, -0.1) is 0 Å². The maximum Gasteiger partial charge on any atom is 0.256 e. The van der Waals surface area contributed by atoms with Gasteiger partial charge < -0.3 is 10.6 Å². The number of piperazine rings is 1. The molecule has 2 N–H and O–H groups in total. The summed E-state index contributed by atoms with van der Waals surface area (Å²) in [6, 6.07) is 10.4. The van der Waals surface area contributed by atoms with E-state index in [1.54, 1.807) is 41.6 Å². The summed E-state index contributed by atoms with van der Waals surface area (Å²) in [7, 11) is 0. The lowest BCUT2D eigenvalue weighted by molar-refractivity contribution is 0.0524. The Morgan fingerprint density at radius 1 is 1.14 bits per heavy atom. The summed E-state index contributed by atoms with van der Waals surface area (Å²) in [5, 5.41) is 0. The van der Waals surface area contributed by atoms with Gasteiger partial charge >= 0.3 is 0 Å². The molecule has 0 bridgehead atoms. The number of nitrogen functional groups attached to an aromatic ring is 1. The molecule has 0 radical (unpaired) electrons. The van der Waals surface area contributed by atoms with Crippen molar-refractivity contribution >= 4 is 11.7 Å². The predicted octanol–water partition coefficient (Wildman–Crippen LogP) is 3.99. The van der Waals surface area contributed by atoms with Crippen LogP contribution in [0.15, 0.2) is 48.8 Å². The van der Waals surface area contributed by atoms with E-state index in [2.05, 4.69) is 40.6 Å². The summed E-state index contributed by atoms with van der Waals surface area (Å²) < 4.78 is 15.3. The van der Waals surface area contributed by atoms with E-state index in [4.69, 9.17) is 5.73 Å². The van der Waals surface area contributed by atoms with E-state index < -0.39 is 5.82 Å². The van der Waals surface area contributed by atoms with E-state index in [-0.39, 0.29) is 17.5 Å². The SMILES string of the molecule is CCc1nccc(-c2ccc(C(=O)N3CCN(CC)C(C)C3)c(F)c2)c1C#Cc1ccc(N)nc1. The Morgan fingerprint density at radius 2 is 1.97 bits per heavy atom. The first kappa shape index (κ1) is 24.4. The van der Waals surface area contributed by atoms with Gasteiger partial charge in [0.05, 0.1) is 16.8 Å². The van der Waals surface area contributed by atoms with E-state index in [0.717, 1.165) is 35.5 Å². The lowest BCUT2D eigenvalue weighted by Crippen LogP contribution is -2.53. The number of hydrogen-bond donors (Lipinski definition) is 1. The summed E-state index contributed by atoms with van der Waals surface area (Å²) in [5.41, 5.74) is 9.46. The highest BCUT2D eigenvalue weighted by atomic mass is 19.1. The predicted molar refractivity (Wildman–Crippen MR) is 136 cm³/mol. The maximum absolute atomic E-state index is 15.3. The number of aromatic nitrogens is 2. The first-order valence-corrected chi connectivity index (χ1v) is 12.0. The van der Waals surface area contributed by atoms with E-state index >= 15 is 4.39 Å². The van der Waals surface area contributed by atoms with E-state index in [9.17, 15) is 4.79 Å². The Balaban J connectivity index is 1.64. The van der Waals surface area contributed by atoms with E-state index in [1.165, 1.54) is 6.07 Å². The highest BCUT2D eigenvalue weighted by Crippen LogP contribution is 2.28. The molecule has 4 rings (SSSR count). The maximum atomic E-state index is 15.3. The number of benzene rings is 1. The zero-order valence-corrected chi connectivity index (χ0v) is 20.4. The third kappa shape index (κ3) is 5.33. The second kappa shape index (κ2) is 10.7. The van der Waals surface area contributed by atoms with Crippen LogP contribution in [0.5, 0.6) is 0 Å². The van der Waals surface area contributed by atoms with Gasteiger partial charge in [0.15, 0.2) is 0 Å². The molecule has 0 saturated carbocycles. The fraction of sp³-hybridized carbons (Fsp3) is 0.321. The number of aryl methyl sites for hydroxylation is 1. The molecule has 1 saturated heterocycles. The molecule has 1 amide bonds. The number of amides is 1. The second-order valence-electron chi connectivity index (χ2n) is 8.68. The summed E-state index contributed by atoms with van der Waals surface area (Å²) in [6.07, 6.45) is 4.00. The first-order valence-electron chi connectivity index (χ1n) is 12.0. The highest BCUT2D eigenvalue weighted by molar-refractivity contribution is 5.95. The van der Waals surface area contributed by atoms with Gasteiger partial charge in [-0.25, -0.2) is 9.37 Å². The Kier molecular flexibility index (Phi) is 7.42. The second-order valence-corrected chi connectivity index (χ2v) is 8.68. The number of pyridine rings is 2. The third-order valence-corrected chi connectivity index (χ3v) is 6.45. The molecule has 1 fully saturated rings. The number of likely N-dealkylation sites (N-methyl/N-ethyl adjacent to an activating group) is 1. The third-order valence-electron chi connectivity index (χ3n) is 6.45. The van der Waals surface area contributed by atoms with Crippen molar-refractivity contribution in [3.05, 3.63) is 77.0 Å². The van der Waals surface area contributed by atoms with Gasteiger partial charge in [0.1, 0.15) is 11.6 Å². The molecular formula is C28H30FN5O. The number of carbonyl (C=O) groups is 1. The molecule has 1 unspecified atom stereocenters. The number of rotatable bonds is 4. The zero-order chi connectivity index (χ0) is 24.9. The van der Waals surface area contributed by atoms with Crippen molar-refractivity contribution in [1.29, 1.82) is 0 Å². The van der Waals surface area contributed by atoms with Crippen molar-refractivity contribution in [2.45, 2.75) is 33.2 Å². The van der Waals surface area contributed by atoms with Gasteiger partial charge in [0.25, 0.3) is 5.91 Å². The minimum atomic E-state index is -0.533. The molecule has 7 heteroatoms. The standard InChI is InChI=1S/C28H30FN5O/c1-4-26-23(9-6-20-7-11-27(30)32-17-20)22(12-13-31-26)21-8-10-24(25(29)16-21)28(35)34-15-14-33(5-2)19(3)18-34/h7-8,10-13,16-17,19H,4-5,14-15,18H2,1-3H3,(H2,30,32). The Morgan fingerprint density at radius 3 is 2.63 bits per heavy atom. The topological polar surface area (TPSA) is 75.4 Å². The van der Waals surface area contributed by atoms with Gasteiger partial charge in [-0.3, -0.25) is 14.7 Å². The monoisotopic (exact) mass is 471 g/mol. The summed E-state index contributed by atoms with van der Waals surface area (Å²) in [4.78, 5) is 25.7. The molecule has 1 atom stereocenters. The number of carbonyl (C=O) groups excluding carboxylic acids is 1. The number of hydrogen-bond acceptors (Lipinski definition) is 5. The molecule has 0 spiro atoms. The number of halogens is 1. The molecule has 1 aliphatic heterocycles. The molecule has 6 nitrogen and oxygen atoms in total. The molecule has 1 aliphatic rings. The fourth-order valence-corrected chi connectivity index (χ4v) is 4.44. The van der Waals surface area contributed by atoms with Gasteiger partial charge in [0.2, 0.25) is 0 Å². The van der Waals surface area contributed by atoms with Crippen molar-refractivity contribution in [1.82, 2.24) is 19.8 Å². The average molecular weight is 472 g/mol. The Bertz CT molecular complexity index is 1280. The van der Waals surface area contributed by atoms with Gasteiger partial charge in [-0.1, -0.05) is 31.8 Å². The van der Waals surface area contributed by atoms with Crippen LogP contribution in [-0.2, 0) is 6.42 Å². The van der Waals surface area contributed by atoms with Crippen LogP contribution >= 0.6 is 0 Å². The van der Waals surface area contributed by atoms with Crippen molar-refractivity contribution in [2.24, 2.45) is 0 Å². The number of anilines is 1. The molecule has 2 aromatic heterocycles. The molecular weight excluding hydrogens is 441 g/mol. The van der Waals surface area contributed by atoms with Crippen LogP contribution in [-0.4, -0.2) is 57.9 Å². The highest BCUT2D eigenvalue weighted by Gasteiger charge is 2.28. The molecule has 3 heterocycles. The fourth-order valence-electron chi connectivity index (χ4n) is 4.44. The molecule has 1 aromatic carbocycles. The molecule has 180 valence electrons. The summed E-state index contributed by atoms with van der Waals surface area (Å²) in [5.74, 6) is 5.93. The molecule has 0 aliphatic carbocycles. The van der Waals surface area contributed by atoms with Crippen LogP contribution in [0.25, 0.3) is 11.1 Å². The van der Waals surface area contributed by atoms with E-state index in [1.807, 2.05) is 13.0 Å². The largest absolute Gasteiger partial charge is 0.384 e. The Hall–Kier alpha value is -3.76. The van der Waals surface area contributed by atoms with Crippen LogP contribution in [0, 0.1) is 17.7 Å². The van der Waals surface area contributed by atoms with Crippen molar-refractivity contribution in [2.75, 3.05) is 31.9 Å². The van der Waals surface area contributed by atoms with E-state index in [0.29, 0.717) is 30.9 Å². The summed E-state index contributed by atoms with van der Waals surface area (Å²) in [6.45, 7) is 9.15. The summed E-state index contributed by atoms with van der Waals surface area (Å²) >= 11 is 0. The van der Waals surface area contributed by atoms with Crippen molar-refractivity contribution < 1.29 is 9.18 Å². The normalized spacial score (nSPS) is 16.0. The van der Waals surface area contributed by atoms with Crippen molar-refractivity contribution in [3.8, 4) is 23.0 Å². The van der Waals surface area contributed by atoms with Crippen LogP contribution in [0.2, 0.25) is 0 Å². The van der Waals surface area contributed by atoms with Gasteiger partial charge in [0, 0.05) is 49.2 Å². The van der Waals surface area contributed by atoms with Gasteiger partial charge in [-0.2, -0.15) is 0 Å². The van der Waals surface area contributed by atoms with Crippen LogP contribution in [0.1, 0.15) is 48.0 Å². The van der Waals surface area contributed by atoms with Crippen LogP contribution < -0.4 is 5.73 Å². The first-order chi connectivity index (χ1) is 16.9. The van der Waals surface area contributed by atoms with Crippen molar-refractivity contribution in [3.63, 3.8) is 0 Å². The Labute approximate surface area is 206 Å². The lowest BCUT2D eigenvalue weighted by Gasteiger charge is -2.39. The zero-order valence-electron chi connectivity index (χ0n) is 20.4. The molecule has 3 aromatic rings. The van der Waals surface area contributed by atoms with Crippen LogP contribution in [0.4, 0.5) is 10.2 Å². The van der Waals surface area contributed by atoms with Crippen LogP contribution in [0.3, 0.4) is 0 Å². The minimum absolute atomic E-state index is 0.0938. The quantitative estimate of drug-likeness (QED) is 0.583. The number of nitrogens with zero attached hydrogens (tertiary/aromatic N) is 4. The molecule has 35 heavy (non-hydrogen) atoms. The lowest BCUT2D eigenvalue weighted by atomic mass is 9.96.